The van der Waals surface area contributed by atoms with Gasteiger partial charge in [0.15, 0.2) is 0 Å². The lowest BCUT2D eigenvalue weighted by Crippen LogP contribution is -2.50. The van der Waals surface area contributed by atoms with Crippen LogP contribution in [0.5, 0.6) is 0 Å². The summed E-state index contributed by atoms with van der Waals surface area (Å²) in [5.74, 6) is -0.552. The number of hydrogen-bond acceptors (Lipinski definition) is 3. The maximum absolute atomic E-state index is 12.9. The second-order valence-corrected chi connectivity index (χ2v) is 6.38. The molecule has 0 radical (unpaired) electrons. The summed E-state index contributed by atoms with van der Waals surface area (Å²) in [6.07, 6.45) is 0.902. The Morgan fingerprint density at radius 2 is 2.00 bits per heavy atom. The average Bonchev–Trinajstić information content (AvgIpc) is 3.01. The Hall–Kier alpha value is -1.95. The van der Waals surface area contributed by atoms with E-state index in [0.29, 0.717) is 31.1 Å². The van der Waals surface area contributed by atoms with Gasteiger partial charge in [-0.1, -0.05) is 13.8 Å². The highest BCUT2D eigenvalue weighted by molar-refractivity contribution is 5.97. The fourth-order valence-corrected chi connectivity index (χ4v) is 2.76. The van der Waals surface area contributed by atoms with Crippen LogP contribution in [-0.4, -0.2) is 42.4 Å². The topological polar surface area (TPSA) is 75.4 Å². The number of benzene rings is 1. The molecule has 2 unspecified atom stereocenters. The van der Waals surface area contributed by atoms with Crippen LogP contribution in [0.4, 0.5) is 4.39 Å². The summed E-state index contributed by atoms with van der Waals surface area (Å²) in [6, 6.07) is 4.68. The molecule has 1 fully saturated rings. The fraction of sp³-hybridized carbons (Fsp3) is 0.529. The van der Waals surface area contributed by atoms with Gasteiger partial charge in [-0.2, -0.15) is 0 Å². The number of amides is 2. The molecule has 3 N–H and O–H groups in total. The van der Waals surface area contributed by atoms with Crippen molar-refractivity contribution in [3.05, 3.63) is 35.6 Å². The molecule has 5 nitrogen and oxygen atoms in total. The Bertz CT molecular complexity index is 559. The van der Waals surface area contributed by atoms with Crippen LogP contribution in [-0.2, 0) is 4.79 Å². The van der Waals surface area contributed by atoms with E-state index < -0.39 is 11.9 Å². The van der Waals surface area contributed by atoms with Crippen molar-refractivity contribution in [1.29, 1.82) is 0 Å². The smallest absolute Gasteiger partial charge is 0.251 e. The lowest BCUT2D eigenvalue weighted by Gasteiger charge is -2.27. The van der Waals surface area contributed by atoms with Gasteiger partial charge in [0, 0.05) is 18.7 Å². The molecule has 6 heteroatoms. The minimum atomic E-state index is -0.593. The van der Waals surface area contributed by atoms with Gasteiger partial charge in [0.1, 0.15) is 11.9 Å². The molecular formula is C17H24FN3O2. The van der Waals surface area contributed by atoms with Crippen LogP contribution in [0.1, 0.15) is 30.6 Å². The molecule has 1 aliphatic rings. The normalized spacial score (nSPS) is 19.0. The largest absolute Gasteiger partial charge is 0.341 e. The lowest BCUT2D eigenvalue weighted by molar-refractivity contribution is -0.133. The fourth-order valence-electron chi connectivity index (χ4n) is 2.76. The van der Waals surface area contributed by atoms with Crippen LogP contribution in [0.3, 0.4) is 0 Å². The summed E-state index contributed by atoms with van der Waals surface area (Å²) in [7, 11) is 0. The van der Waals surface area contributed by atoms with Crippen LogP contribution in [0.15, 0.2) is 24.3 Å². The second-order valence-electron chi connectivity index (χ2n) is 6.38. The van der Waals surface area contributed by atoms with Crippen molar-refractivity contribution in [2.75, 3.05) is 19.6 Å². The minimum Gasteiger partial charge on any atom is -0.341 e. The zero-order valence-corrected chi connectivity index (χ0v) is 13.6. The van der Waals surface area contributed by atoms with E-state index in [1.807, 2.05) is 13.8 Å². The standard InChI is InChI=1S/C17H24FN3O2/c1-11(2)15(17(23)21-8-7-12(9-19)10-21)20-16(22)13-3-5-14(18)6-4-13/h3-6,11-12,15H,7-10,19H2,1-2H3,(H,20,22). The van der Waals surface area contributed by atoms with Crippen molar-refractivity contribution in [3.63, 3.8) is 0 Å². The van der Waals surface area contributed by atoms with Gasteiger partial charge in [-0.15, -0.1) is 0 Å². The summed E-state index contributed by atoms with van der Waals surface area (Å²) in [6.45, 7) is 5.67. The number of nitrogens with two attached hydrogens (primary N) is 1. The second kappa shape index (κ2) is 7.55. The minimum absolute atomic E-state index is 0.0381. The van der Waals surface area contributed by atoms with Gasteiger partial charge in [0.2, 0.25) is 5.91 Å². The van der Waals surface area contributed by atoms with Crippen LogP contribution >= 0.6 is 0 Å². The molecule has 126 valence electrons. The number of nitrogens with one attached hydrogen (secondary N) is 1. The summed E-state index contributed by atoms with van der Waals surface area (Å²) in [5, 5.41) is 2.78. The van der Waals surface area contributed by atoms with E-state index in [1.165, 1.54) is 24.3 Å². The van der Waals surface area contributed by atoms with E-state index >= 15 is 0 Å². The van der Waals surface area contributed by atoms with Crippen LogP contribution in [0, 0.1) is 17.7 Å². The molecule has 0 bridgehead atoms. The highest BCUT2D eigenvalue weighted by Gasteiger charge is 2.32. The molecule has 0 saturated carbocycles. The third-order valence-corrected chi connectivity index (χ3v) is 4.26. The zero-order valence-electron chi connectivity index (χ0n) is 13.6. The van der Waals surface area contributed by atoms with Gasteiger partial charge in [0.25, 0.3) is 5.91 Å². The van der Waals surface area contributed by atoms with Crippen LogP contribution in [0.2, 0.25) is 0 Å². The Labute approximate surface area is 136 Å². The van der Waals surface area contributed by atoms with Crippen molar-refractivity contribution >= 4 is 11.8 Å². The van der Waals surface area contributed by atoms with Gasteiger partial charge in [-0.05, 0) is 49.1 Å². The average molecular weight is 321 g/mol. The molecule has 0 aromatic heterocycles. The first-order valence-corrected chi connectivity index (χ1v) is 7.97. The molecule has 1 saturated heterocycles. The number of likely N-dealkylation sites (tertiary alicyclic amines) is 1. The van der Waals surface area contributed by atoms with Crippen molar-refractivity contribution in [1.82, 2.24) is 10.2 Å². The van der Waals surface area contributed by atoms with Crippen molar-refractivity contribution in [3.8, 4) is 0 Å². The number of nitrogens with zero attached hydrogens (tertiary/aromatic N) is 1. The quantitative estimate of drug-likeness (QED) is 0.860. The molecule has 1 aromatic carbocycles. The van der Waals surface area contributed by atoms with Crippen molar-refractivity contribution in [2.24, 2.45) is 17.6 Å². The molecule has 2 amide bonds. The Morgan fingerprint density at radius 3 is 2.52 bits per heavy atom. The van der Waals surface area contributed by atoms with Gasteiger partial charge in [-0.3, -0.25) is 9.59 Å². The van der Waals surface area contributed by atoms with E-state index in [-0.39, 0.29) is 17.7 Å². The van der Waals surface area contributed by atoms with E-state index in [2.05, 4.69) is 5.32 Å². The molecular weight excluding hydrogens is 297 g/mol. The van der Waals surface area contributed by atoms with Crippen LogP contribution in [0.25, 0.3) is 0 Å². The van der Waals surface area contributed by atoms with Gasteiger partial charge >= 0.3 is 0 Å². The summed E-state index contributed by atoms with van der Waals surface area (Å²) in [4.78, 5) is 26.7. The summed E-state index contributed by atoms with van der Waals surface area (Å²) < 4.78 is 12.9. The predicted molar refractivity (Wildman–Crippen MR) is 86.2 cm³/mol. The molecule has 0 spiro atoms. The Kier molecular flexibility index (Phi) is 5.71. The molecule has 2 rings (SSSR count). The monoisotopic (exact) mass is 321 g/mol. The Morgan fingerprint density at radius 1 is 1.35 bits per heavy atom. The predicted octanol–water partition coefficient (Wildman–Crippen LogP) is 1.39. The van der Waals surface area contributed by atoms with Gasteiger partial charge in [0.05, 0.1) is 0 Å². The van der Waals surface area contributed by atoms with E-state index in [1.54, 1.807) is 4.90 Å². The highest BCUT2D eigenvalue weighted by atomic mass is 19.1. The third-order valence-electron chi connectivity index (χ3n) is 4.26. The van der Waals surface area contributed by atoms with E-state index in [0.717, 1.165) is 6.42 Å². The number of carbonyl (C=O) groups excluding carboxylic acids is 2. The van der Waals surface area contributed by atoms with Crippen molar-refractivity contribution < 1.29 is 14.0 Å². The maximum atomic E-state index is 12.9. The lowest BCUT2D eigenvalue weighted by atomic mass is 10.0. The molecule has 1 heterocycles. The molecule has 23 heavy (non-hydrogen) atoms. The summed E-state index contributed by atoms with van der Waals surface area (Å²) in [5.41, 5.74) is 6.00. The highest BCUT2D eigenvalue weighted by Crippen LogP contribution is 2.18. The maximum Gasteiger partial charge on any atom is 0.251 e. The SMILES string of the molecule is CC(C)C(NC(=O)c1ccc(F)cc1)C(=O)N1CCC(CN)C1. The molecule has 1 aliphatic heterocycles. The number of carbonyl (C=O) groups is 2. The number of rotatable bonds is 5. The molecule has 0 aliphatic carbocycles. The van der Waals surface area contributed by atoms with E-state index in [9.17, 15) is 14.0 Å². The number of hydrogen-bond donors (Lipinski definition) is 2. The van der Waals surface area contributed by atoms with Gasteiger partial charge < -0.3 is 16.0 Å². The molecule has 2 atom stereocenters. The zero-order chi connectivity index (χ0) is 17.0. The first-order valence-electron chi connectivity index (χ1n) is 7.97. The molecule has 1 aromatic rings. The third kappa shape index (κ3) is 4.28. The first-order chi connectivity index (χ1) is 10.9. The number of halogens is 1. The summed E-state index contributed by atoms with van der Waals surface area (Å²) >= 11 is 0. The Balaban J connectivity index is 2.05. The first kappa shape index (κ1) is 17.4. The van der Waals surface area contributed by atoms with Crippen molar-refractivity contribution in [2.45, 2.75) is 26.3 Å². The van der Waals surface area contributed by atoms with Crippen LogP contribution < -0.4 is 11.1 Å². The van der Waals surface area contributed by atoms with Gasteiger partial charge in [-0.25, -0.2) is 4.39 Å². The van der Waals surface area contributed by atoms with E-state index in [4.69, 9.17) is 5.73 Å².